The van der Waals surface area contributed by atoms with E-state index in [1.54, 1.807) is 31.3 Å². The molecule has 1 aromatic rings. The molecule has 0 saturated carbocycles. The smallest absolute Gasteiger partial charge is 0.327 e. The molecule has 0 aliphatic carbocycles. The van der Waals surface area contributed by atoms with Crippen molar-refractivity contribution in [3.63, 3.8) is 0 Å². The molecule has 1 aliphatic rings. The molecule has 0 bridgehead atoms. The molecular weight excluding hydrogens is 286 g/mol. The van der Waals surface area contributed by atoms with Crippen LogP contribution in [-0.4, -0.2) is 64.8 Å². The second-order valence-electron chi connectivity index (χ2n) is 5.39. The molecule has 7 heteroatoms. The molecule has 118 valence electrons. The fourth-order valence-electron chi connectivity index (χ4n) is 2.30. The zero-order valence-electron chi connectivity index (χ0n) is 12.8. The van der Waals surface area contributed by atoms with Crippen LogP contribution >= 0.6 is 0 Å². The Bertz CT molecular complexity index is 617. The molecule has 1 atom stereocenters. The van der Waals surface area contributed by atoms with Gasteiger partial charge >= 0.3 is 6.03 Å². The van der Waals surface area contributed by atoms with Crippen LogP contribution in [0.4, 0.5) is 4.79 Å². The summed E-state index contributed by atoms with van der Waals surface area (Å²) in [5.74, 6) is -0.594. The first-order valence-corrected chi connectivity index (χ1v) is 6.91. The van der Waals surface area contributed by atoms with E-state index in [4.69, 9.17) is 0 Å². The van der Waals surface area contributed by atoms with Crippen LogP contribution in [0.5, 0.6) is 5.75 Å². The third-order valence-electron chi connectivity index (χ3n) is 3.85. The molecule has 1 aromatic carbocycles. The van der Waals surface area contributed by atoms with E-state index in [1.165, 1.54) is 16.8 Å². The molecule has 4 amide bonds. The number of aromatic hydroxyl groups is 1. The minimum Gasteiger partial charge on any atom is -0.508 e. The number of benzene rings is 1. The number of likely N-dealkylation sites (N-methyl/N-ethyl adjacent to an activating group) is 2. The van der Waals surface area contributed by atoms with Gasteiger partial charge < -0.3 is 14.9 Å². The van der Waals surface area contributed by atoms with Crippen LogP contribution in [0.3, 0.4) is 0 Å². The van der Waals surface area contributed by atoms with E-state index in [0.717, 1.165) is 10.5 Å². The zero-order chi connectivity index (χ0) is 16.4. The van der Waals surface area contributed by atoms with E-state index in [0.29, 0.717) is 0 Å². The Hall–Kier alpha value is -2.57. The van der Waals surface area contributed by atoms with Crippen molar-refractivity contribution < 1.29 is 19.5 Å². The van der Waals surface area contributed by atoms with Crippen LogP contribution in [0.2, 0.25) is 0 Å². The lowest BCUT2D eigenvalue weighted by atomic mass is 10.1. The standard InChI is InChI=1S/C15H19N3O4/c1-10(11-5-4-6-12(19)7-11)17(3)13(20)9-18-14(21)8-16(2)15(18)22/h4-7,10,19H,8-9H2,1-3H3. The summed E-state index contributed by atoms with van der Waals surface area (Å²) in [7, 11) is 3.12. The average Bonchev–Trinajstić information content (AvgIpc) is 2.72. The quantitative estimate of drug-likeness (QED) is 0.835. The van der Waals surface area contributed by atoms with Gasteiger partial charge in [-0.3, -0.25) is 14.5 Å². The van der Waals surface area contributed by atoms with Crippen molar-refractivity contribution >= 4 is 17.8 Å². The Morgan fingerprint density at radius 2 is 2.09 bits per heavy atom. The molecular formula is C15H19N3O4. The summed E-state index contributed by atoms with van der Waals surface area (Å²) in [6, 6.07) is 5.88. The van der Waals surface area contributed by atoms with Gasteiger partial charge in [0.25, 0.3) is 5.91 Å². The Labute approximate surface area is 128 Å². The number of phenols is 1. The van der Waals surface area contributed by atoms with Gasteiger partial charge in [-0.05, 0) is 24.6 Å². The Balaban J connectivity index is 2.06. The van der Waals surface area contributed by atoms with E-state index in [2.05, 4.69) is 0 Å². The van der Waals surface area contributed by atoms with Crippen LogP contribution in [0.1, 0.15) is 18.5 Å². The summed E-state index contributed by atoms with van der Waals surface area (Å²) in [4.78, 5) is 39.5. The molecule has 2 rings (SSSR count). The predicted molar refractivity (Wildman–Crippen MR) is 79.0 cm³/mol. The number of carbonyl (C=O) groups is 3. The van der Waals surface area contributed by atoms with Crippen molar-refractivity contribution in [3.05, 3.63) is 29.8 Å². The zero-order valence-corrected chi connectivity index (χ0v) is 12.8. The lowest BCUT2D eigenvalue weighted by Gasteiger charge is -2.27. The molecule has 7 nitrogen and oxygen atoms in total. The second kappa shape index (κ2) is 6.05. The van der Waals surface area contributed by atoms with Crippen LogP contribution < -0.4 is 0 Å². The van der Waals surface area contributed by atoms with Gasteiger partial charge in [-0.25, -0.2) is 4.79 Å². The summed E-state index contributed by atoms with van der Waals surface area (Å²) in [6.45, 7) is 1.53. The van der Waals surface area contributed by atoms with Crippen LogP contribution in [0, 0.1) is 0 Å². The van der Waals surface area contributed by atoms with Gasteiger partial charge in [-0.15, -0.1) is 0 Å². The third kappa shape index (κ3) is 3.03. The third-order valence-corrected chi connectivity index (χ3v) is 3.85. The molecule has 0 aromatic heterocycles. The SMILES string of the molecule is CC(c1cccc(O)c1)N(C)C(=O)CN1C(=O)CN(C)C1=O. The van der Waals surface area contributed by atoms with Crippen molar-refractivity contribution in [2.75, 3.05) is 27.2 Å². The molecule has 1 fully saturated rings. The van der Waals surface area contributed by atoms with Crippen LogP contribution in [0.15, 0.2) is 24.3 Å². The Morgan fingerprint density at radius 3 is 2.64 bits per heavy atom. The summed E-state index contributed by atoms with van der Waals surface area (Å²) >= 11 is 0. The lowest BCUT2D eigenvalue weighted by Crippen LogP contribution is -2.42. The Morgan fingerprint density at radius 1 is 1.41 bits per heavy atom. The van der Waals surface area contributed by atoms with E-state index >= 15 is 0 Å². The minimum atomic E-state index is -0.461. The first kappa shape index (κ1) is 15.8. The monoisotopic (exact) mass is 305 g/mol. The van der Waals surface area contributed by atoms with E-state index < -0.39 is 6.03 Å². The van der Waals surface area contributed by atoms with Gasteiger partial charge in [0.05, 0.1) is 6.04 Å². The molecule has 1 aliphatic heterocycles. The summed E-state index contributed by atoms with van der Waals surface area (Å²) in [5, 5.41) is 9.50. The topological polar surface area (TPSA) is 81.2 Å². The largest absolute Gasteiger partial charge is 0.508 e. The maximum atomic E-state index is 12.3. The number of imide groups is 1. The van der Waals surface area contributed by atoms with Crippen LogP contribution in [-0.2, 0) is 9.59 Å². The highest BCUT2D eigenvalue weighted by molar-refractivity contribution is 6.04. The number of urea groups is 1. The van der Waals surface area contributed by atoms with Crippen molar-refractivity contribution in [3.8, 4) is 5.75 Å². The average molecular weight is 305 g/mol. The molecule has 0 radical (unpaired) electrons. The number of hydrogen-bond donors (Lipinski definition) is 1. The fourth-order valence-corrected chi connectivity index (χ4v) is 2.30. The second-order valence-corrected chi connectivity index (χ2v) is 5.39. The van der Waals surface area contributed by atoms with E-state index in [9.17, 15) is 19.5 Å². The first-order valence-electron chi connectivity index (χ1n) is 6.91. The highest BCUT2D eigenvalue weighted by Crippen LogP contribution is 2.22. The van der Waals surface area contributed by atoms with Crippen molar-refractivity contribution in [1.82, 2.24) is 14.7 Å². The van der Waals surface area contributed by atoms with Gasteiger partial charge in [0.1, 0.15) is 18.8 Å². The van der Waals surface area contributed by atoms with Crippen molar-refractivity contribution in [1.29, 1.82) is 0 Å². The predicted octanol–water partition coefficient (Wildman–Crippen LogP) is 0.806. The van der Waals surface area contributed by atoms with Crippen molar-refractivity contribution in [2.24, 2.45) is 0 Å². The first-order chi connectivity index (χ1) is 10.3. The number of rotatable bonds is 4. The number of phenolic OH excluding ortho intramolecular Hbond substituents is 1. The number of nitrogens with zero attached hydrogens (tertiary/aromatic N) is 3. The summed E-state index contributed by atoms with van der Waals surface area (Å²) in [6.07, 6.45) is 0. The molecule has 22 heavy (non-hydrogen) atoms. The maximum Gasteiger partial charge on any atom is 0.327 e. The molecule has 1 N–H and O–H groups in total. The van der Waals surface area contributed by atoms with Gasteiger partial charge in [-0.2, -0.15) is 0 Å². The lowest BCUT2D eigenvalue weighted by molar-refractivity contribution is -0.137. The number of hydrogen-bond acceptors (Lipinski definition) is 4. The summed E-state index contributed by atoms with van der Waals surface area (Å²) in [5.41, 5.74) is 0.770. The minimum absolute atomic E-state index is 0.00204. The highest BCUT2D eigenvalue weighted by atomic mass is 16.3. The molecule has 1 unspecified atom stereocenters. The highest BCUT2D eigenvalue weighted by Gasteiger charge is 2.35. The normalized spacial score (nSPS) is 16.1. The van der Waals surface area contributed by atoms with Gasteiger partial charge in [0.2, 0.25) is 5.91 Å². The van der Waals surface area contributed by atoms with Gasteiger partial charge in [-0.1, -0.05) is 12.1 Å². The van der Waals surface area contributed by atoms with Gasteiger partial charge in [0.15, 0.2) is 0 Å². The molecule has 1 saturated heterocycles. The van der Waals surface area contributed by atoms with E-state index in [1.807, 2.05) is 6.92 Å². The van der Waals surface area contributed by atoms with Crippen LogP contribution in [0.25, 0.3) is 0 Å². The number of carbonyl (C=O) groups excluding carboxylic acids is 3. The molecule has 0 spiro atoms. The van der Waals surface area contributed by atoms with E-state index in [-0.39, 0.29) is 36.7 Å². The number of amides is 4. The van der Waals surface area contributed by atoms with Gasteiger partial charge in [0, 0.05) is 14.1 Å². The summed E-state index contributed by atoms with van der Waals surface area (Å²) < 4.78 is 0. The van der Waals surface area contributed by atoms with Crippen molar-refractivity contribution in [2.45, 2.75) is 13.0 Å². The Kier molecular flexibility index (Phi) is 4.35. The maximum absolute atomic E-state index is 12.3. The molecule has 1 heterocycles. The fraction of sp³-hybridized carbons (Fsp3) is 0.400.